The number of amides is 4. The highest BCUT2D eigenvalue weighted by molar-refractivity contribution is 6.13. The zero-order valence-corrected chi connectivity index (χ0v) is 12.4. The number of rotatable bonds is 3. The number of benzene rings is 1. The zero-order valence-electron chi connectivity index (χ0n) is 12.4. The Bertz CT molecular complexity index is 608. The van der Waals surface area contributed by atoms with Crippen molar-refractivity contribution in [2.45, 2.75) is 32.6 Å². The zero-order chi connectivity index (χ0) is 15.6. The molecule has 112 valence electrons. The highest BCUT2D eigenvalue weighted by Crippen LogP contribution is 2.32. The van der Waals surface area contributed by atoms with Gasteiger partial charge in [-0.05, 0) is 38.0 Å². The molecule has 2 rings (SSSR count). The predicted molar refractivity (Wildman–Crippen MR) is 79.3 cm³/mol. The molecule has 0 bridgehead atoms. The summed E-state index contributed by atoms with van der Waals surface area (Å²) in [4.78, 5) is 35.4. The van der Waals surface area contributed by atoms with Crippen molar-refractivity contribution >= 4 is 23.5 Å². The van der Waals surface area contributed by atoms with E-state index in [-0.39, 0.29) is 11.9 Å². The summed E-state index contributed by atoms with van der Waals surface area (Å²) in [6.07, 6.45) is 0.844. The first kappa shape index (κ1) is 15.0. The number of urea groups is 1. The average Bonchev–Trinajstić information content (AvgIpc) is 2.43. The van der Waals surface area contributed by atoms with E-state index in [1.807, 2.05) is 6.92 Å². The van der Waals surface area contributed by atoms with Gasteiger partial charge in [0.25, 0.3) is 5.91 Å². The molecule has 0 spiro atoms. The van der Waals surface area contributed by atoms with Gasteiger partial charge in [-0.3, -0.25) is 14.9 Å². The van der Waals surface area contributed by atoms with Crippen LogP contribution in [0.2, 0.25) is 0 Å². The second-order valence-electron chi connectivity index (χ2n) is 5.55. The van der Waals surface area contributed by atoms with Crippen LogP contribution in [0.15, 0.2) is 18.2 Å². The molecule has 0 unspecified atom stereocenters. The number of nitrogens with one attached hydrogen (secondary N) is 3. The van der Waals surface area contributed by atoms with Gasteiger partial charge >= 0.3 is 6.03 Å². The van der Waals surface area contributed by atoms with Crippen LogP contribution in [0.3, 0.4) is 0 Å². The topological polar surface area (TPSA) is 87.3 Å². The molecule has 0 aromatic heterocycles. The van der Waals surface area contributed by atoms with E-state index in [1.54, 1.807) is 32.0 Å². The largest absolute Gasteiger partial charge is 0.338 e. The molecule has 1 aromatic rings. The summed E-state index contributed by atoms with van der Waals surface area (Å²) in [5, 5.41) is 7.70. The SMILES string of the molecule is CCCNC(=O)Nc1ccc2c(c1)C(=O)NC(=O)C2(C)C. The lowest BCUT2D eigenvalue weighted by atomic mass is 9.78. The van der Waals surface area contributed by atoms with Crippen molar-refractivity contribution in [2.24, 2.45) is 0 Å². The molecule has 0 atom stereocenters. The van der Waals surface area contributed by atoms with Crippen LogP contribution in [-0.2, 0) is 10.2 Å². The molecule has 21 heavy (non-hydrogen) atoms. The Balaban J connectivity index is 2.27. The van der Waals surface area contributed by atoms with Crippen LogP contribution >= 0.6 is 0 Å². The summed E-state index contributed by atoms with van der Waals surface area (Å²) >= 11 is 0. The lowest BCUT2D eigenvalue weighted by Gasteiger charge is -2.30. The van der Waals surface area contributed by atoms with Gasteiger partial charge in [-0.25, -0.2) is 4.79 Å². The summed E-state index contributed by atoms with van der Waals surface area (Å²) in [5.74, 6) is -0.756. The summed E-state index contributed by atoms with van der Waals surface area (Å²) in [6.45, 7) is 6.06. The van der Waals surface area contributed by atoms with E-state index in [0.717, 1.165) is 6.42 Å². The molecule has 0 fully saturated rings. The van der Waals surface area contributed by atoms with Crippen molar-refractivity contribution in [3.05, 3.63) is 29.3 Å². The second-order valence-corrected chi connectivity index (χ2v) is 5.55. The first-order valence-electron chi connectivity index (χ1n) is 6.91. The molecule has 6 nitrogen and oxygen atoms in total. The Labute approximate surface area is 123 Å². The van der Waals surface area contributed by atoms with Crippen LogP contribution in [0.4, 0.5) is 10.5 Å². The Kier molecular flexibility index (Phi) is 3.97. The Morgan fingerprint density at radius 3 is 2.67 bits per heavy atom. The van der Waals surface area contributed by atoms with Gasteiger partial charge in [0.1, 0.15) is 0 Å². The molecular weight excluding hydrogens is 270 g/mol. The highest BCUT2D eigenvalue weighted by atomic mass is 16.2. The van der Waals surface area contributed by atoms with Crippen LogP contribution in [-0.4, -0.2) is 24.4 Å². The standard InChI is InChI=1S/C15H19N3O3/c1-4-7-16-14(21)17-9-5-6-11-10(8-9)12(19)18-13(20)15(11,2)3/h5-6,8H,4,7H2,1-3H3,(H2,16,17,21)(H,18,19,20). The molecule has 1 aliphatic heterocycles. The fourth-order valence-corrected chi connectivity index (χ4v) is 2.22. The maximum atomic E-state index is 11.9. The van der Waals surface area contributed by atoms with Crippen LogP contribution < -0.4 is 16.0 Å². The van der Waals surface area contributed by atoms with Gasteiger partial charge in [-0.1, -0.05) is 13.0 Å². The molecule has 0 radical (unpaired) electrons. The van der Waals surface area contributed by atoms with Gasteiger partial charge in [0.2, 0.25) is 5.91 Å². The first-order chi connectivity index (χ1) is 9.86. The molecule has 0 aliphatic carbocycles. The number of fused-ring (bicyclic) bond motifs is 1. The summed E-state index contributed by atoms with van der Waals surface area (Å²) in [6, 6.07) is 4.67. The van der Waals surface area contributed by atoms with E-state index < -0.39 is 11.3 Å². The summed E-state index contributed by atoms with van der Waals surface area (Å²) in [5.41, 5.74) is 0.818. The molecule has 1 heterocycles. The third-order valence-corrected chi connectivity index (χ3v) is 3.53. The Morgan fingerprint density at radius 1 is 1.29 bits per heavy atom. The second kappa shape index (κ2) is 5.55. The smallest absolute Gasteiger partial charge is 0.319 e. The summed E-state index contributed by atoms with van der Waals surface area (Å²) in [7, 11) is 0. The molecule has 3 N–H and O–H groups in total. The predicted octanol–water partition coefficient (Wildman–Crippen LogP) is 1.77. The number of carbonyl (C=O) groups is 3. The van der Waals surface area contributed by atoms with E-state index >= 15 is 0 Å². The fourth-order valence-electron chi connectivity index (χ4n) is 2.22. The molecular formula is C15H19N3O3. The van der Waals surface area contributed by atoms with E-state index in [2.05, 4.69) is 16.0 Å². The minimum atomic E-state index is -0.772. The van der Waals surface area contributed by atoms with Gasteiger partial charge in [-0.15, -0.1) is 0 Å². The van der Waals surface area contributed by atoms with Gasteiger partial charge in [0, 0.05) is 17.8 Å². The quantitative estimate of drug-likeness (QED) is 0.741. The maximum Gasteiger partial charge on any atom is 0.319 e. The van der Waals surface area contributed by atoms with Gasteiger partial charge in [0.05, 0.1) is 5.41 Å². The average molecular weight is 289 g/mol. The lowest BCUT2D eigenvalue weighted by Crippen LogP contribution is -2.48. The van der Waals surface area contributed by atoms with Gasteiger partial charge in [-0.2, -0.15) is 0 Å². The van der Waals surface area contributed by atoms with E-state index in [9.17, 15) is 14.4 Å². The van der Waals surface area contributed by atoms with Gasteiger partial charge < -0.3 is 10.6 Å². The van der Waals surface area contributed by atoms with Crippen molar-refractivity contribution < 1.29 is 14.4 Å². The van der Waals surface area contributed by atoms with Crippen LogP contribution in [0.5, 0.6) is 0 Å². The number of hydrogen-bond acceptors (Lipinski definition) is 3. The third-order valence-electron chi connectivity index (χ3n) is 3.53. The molecule has 0 saturated heterocycles. The number of hydrogen-bond donors (Lipinski definition) is 3. The molecule has 6 heteroatoms. The van der Waals surface area contributed by atoms with Crippen LogP contribution in [0, 0.1) is 0 Å². The Hall–Kier alpha value is -2.37. The van der Waals surface area contributed by atoms with Crippen molar-refractivity contribution in [1.29, 1.82) is 0 Å². The Morgan fingerprint density at radius 2 is 2.00 bits per heavy atom. The third kappa shape index (κ3) is 2.89. The fraction of sp³-hybridized carbons (Fsp3) is 0.400. The molecule has 0 saturated carbocycles. The minimum Gasteiger partial charge on any atom is -0.338 e. The first-order valence-corrected chi connectivity index (χ1v) is 6.91. The van der Waals surface area contributed by atoms with E-state index in [0.29, 0.717) is 23.4 Å². The van der Waals surface area contributed by atoms with Crippen molar-refractivity contribution in [1.82, 2.24) is 10.6 Å². The number of carbonyl (C=O) groups excluding carboxylic acids is 3. The van der Waals surface area contributed by atoms with Crippen molar-refractivity contribution in [2.75, 3.05) is 11.9 Å². The number of imide groups is 1. The van der Waals surface area contributed by atoms with Crippen LogP contribution in [0.25, 0.3) is 0 Å². The van der Waals surface area contributed by atoms with E-state index in [1.165, 1.54) is 0 Å². The monoisotopic (exact) mass is 289 g/mol. The molecule has 4 amide bonds. The van der Waals surface area contributed by atoms with E-state index in [4.69, 9.17) is 0 Å². The minimum absolute atomic E-state index is 0.316. The normalized spacial score (nSPS) is 16.0. The van der Waals surface area contributed by atoms with Gasteiger partial charge in [0.15, 0.2) is 0 Å². The van der Waals surface area contributed by atoms with Crippen molar-refractivity contribution in [3.8, 4) is 0 Å². The highest BCUT2D eigenvalue weighted by Gasteiger charge is 2.39. The van der Waals surface area contributed by atoms with Crippen molar-refractivity contribution in [3.63, 3.8) is 0 Å². The number of anilines is 1. The molecule has 1 aliphatic rings. The van der Waals surface area contributed by atoms with Crippen LogP contribution in [0.1, 0.15) is 43.1 Å². The lowest BCUT2D eigenvalue weighted by molar-refractivity contribution is -0.125. The maximum absolute atomic E-state index is 11.9. The summed E-state index contributed by atoms with van der Waals surface area (Å²) < 4.78 is 0. The molecule has 1 aromatic carbocycles.